The minimum absolute atomic E-state index is 0.0437. The highest BCUT2D eigenvalue weighted by molar-refractivity contribution is 7.08. The van der Waals surface area contributed by atoms with E-state index in [2.05, 4.69) is 22.5 Å². The lowest BCUT2D eigenvalue weighted by atomic mass is 10.1. The smallest absolute Gasteiger partial charge is 0.252 e. The Hall–Kier alpha value is -2.05. The lowest BCUT2D eigenvalue weighted by Gasteiger charge is -2.21. The monoisotopic (exact) mass is 419 g/mol. The molecule has 2 heterocycles. The summed E-state index contributed by atoms with van der Waals surface area (Å²) >= 11 is 7.63. The van der Waals surface area contributed by atoms with Crippen LogP contribution in [0, 0.1) is 12.8 Å². The number of amides is 2. The molecule has 0 spiro atoms. The highest BCUT2D eigenvalue weighted by Gasteiger charge is 2.24. The molecule has 0 bridgehead atoms. The molecular formula is C21H26ClN3O2S. The average Bonchev–Trinajstić information content (AvgIpc) is 3.37. The Labute approximate surface area is 175 Å². The Morgan fingerprint density at radius 3 is 2.93 bits per heavy atom. The molecular weight excluding hydrogens is 394 g/mol. The van der Waals surface area contributed by atoms with Gasteiger partial charge in [-0.2, -0.15) is 11.3 Å². The van der Waals surface area contributed by atoms with Crippen molar-refractivity contribution in [1.29, 1.82) is 0 Å². The summed E-state index contributed by atoms with van der Waals surface area (Å²) in [6.07, 6.45) is 2.12. The summed E-state index contributed by atoms with van der Waals surface area (Å²) in [6.45, 7) is 5.20. The van der Waals surface area contributed by atoms with E-state index in [9.17, 15) is 9.59 Å². The molecule has 1 atom stereocenters. The normalized spacial score (nSPS) is 16.2. The first-order valence-electron chi connectivity index (χ1n) is 9.61. The molecule has 1 saturated heterocycles. The first kappa shape index (κ1) is 20.7. The largest absolute Gasteiger partial charge is 0.371 e. The quantitative estimate of drug-likeness (QED) is 0.638. The van der Waals surface area contributed by atoms with Crippen LogP contribution in [0.4, 0.5) is 5.69 Å². The zero-order valence-electron chi connectivity index (χ0n) is 16.0. The van der Waals surface area contributed by atoms with E-state index in [1.54, 1.807) is 6.07 Å². The molecule has 28 heavy (non-hydrogen) atoms. The molecule has 7 heteroatoms. The molecule has 0 aliphatic carbocycles. The minimum atomic E-state index is -0.0796. The zero-order chi connectivity index (χ0) is 19.9. The average molecular weight is 420 g/mol. The van der Waals surface area contributed by atoms with E-state index in [0.29, 0.717) is 37.4 Å². The van der Waals surface area contributed by atoms with Crippen molar-refractivity contribution in [2.24, 2.45) is 5.92 Å². The number of thiophene rings is 1. The van der Waals surface area contributed by atoms with Crippen LogP contribution >= 0.6 is 22.9 Å². The fraction of sp³-hybridized carbons (Fsp3) is 0.429. The molecule has 1 unspecified atom stereocenters. The molecule has 2 N–H and O–H groups in total. The van der Waals surface area contributed by atoms with Crippen LogP contribution in [0.2, 0.25) is 5.02 Å². The van der Waals surface area contributed by atoms with Crippen LogP contribution in [0.15, 0.2) is 35.0 Å². The first-order chi connectivity index (χ1) is 13.5. The van der Waals surface area contributed by atoms with E-state index in [1.165, 1.54) is 22.6 Å². The fourth-order valence-electron chi connectivity index (χ4n) is 3.43. The summed E-state index contributed by atoms with van der Waals surface area (Å²) in [5, 5.41) is 10.3. The van der Waals surface area contributed by atoms with Gasteiger partial charge in [-0.1, -0.05) is 17.7 Å². The number of rotatable bonds is 8. The number of aryl methyl sites for hydroxylation is 1. The second-order valence-electron chi connectivity index (χ2n) is 7.21. The molecule has 5 nitrogen and oxygen atoms in total. The number of nitrogens with zero attached hydrogens (tertiary/aromatic N) is 1. The molecule has 2 aromatic rings. The molecule has 1 aliphatic heterocycles. The third-order valence-corrected chi connectivity index (χ3v) is 5.95. The second kappa shape index (κ2) is 9.94. The van der Waals surface area contributed by atoms with Crippen LogP contribution in [0.25, 0.3) is 0 Å². The SMILES string of the molecule is Cc1ccc(Cl)cc1N1CCC(CNC(=O)CCCNC(=O)c2ccsc2)C1. The Balaban J connectivity index is 1.33. The molecule has 3 rings (SSSR count). The second-order valence-corrected chi connectivity index (χ2v) is 8.42. The summed E-state index contributed by atoms with van der Waals surface area (Å²) in [5.41, 5.74) is 3.08. The molecule has 2 amide bonds. The van der Waals surface area contributed by atoms with E-state index in [-0.39, 0.29) is 11.8 Å². The predicted octanol–water partition coefficient (Wildman–Crippen LogP) is 3.86. The summed E-state index contributed by atoms with van der Waals surface area (Å²) < 4.78 is 0. The third-order valence-electron chi connectivity index (χ3n) is 5.04. The Kier molecular flexibility index (Phi) is 7.34. The van der Waals surface area contributed by atoms with Gasteiger partial charge in [0.2, 0.25) is 5.91 Å². The number of hydrogen-bond donors (Lipinski definition) is 2. The van der Waals surface area contributed by atoms with E-state index in [4.69, 9.17) is 11.6 Å². The van der Waals surface area contributed by atoms with Crippen molar-refractivity contribution in [3.63, 3.8) is 0 Å². The highest BCUT2D eigenvalue weighted by Crippen LogP contribution is 2.29. The van der Waals surface area contributed by atoms with Gasteiger partial charge in [-0.05, 0) is 54.8 Å². The summed E-state index contributed by atoms with van der Waals surface area (Å²) in [7, 11) is 0. The fourth-order valence-corrected chi connectivity index (χ4v) is 4.24. The Morgan fingerprint density at radius 2 is 2.14 bits per heavy atom. The standard InChI is InChI=1S/C21H26ClN3O2S/c1-15-4-5-18(22)11-19(15)25-9-6-16(13-25)12-24-20(26)3-2-8-23-21(27)17-7-10-28-14-17/h4-5,7,10-11,14,16H,2-3,6,8-9,12-13H2,1H3,(H,23,27)(H,24,26). The van der Waals surface area contributed by atoms with Crippen molar-refractivity contribution >= 4 is 40.4 Å². The lowest BCUT2D eigenvalue weighted by molar-refractivity contribution is -0.121. The van der Waals surface area contributed by atoms with Crippen molar-refractivity contribution < 1.29 is 9.59 Å². The molecule has 150 valence electrons. The topological polar surface area (TPSA) is 61.4 Å². The van der Waals surface area contributed by atoms with Crippen LogP contribution in [0.5, 0.6) is 0 Å². The van der Waals surface area contributed by atoms with Crippen molar-refractivity contribution in [1.82, 2.24) is 10.6 Å². The van der Waals surface area contributed by atoms with Crippen molar-refractivity contribution in [3.8, 4) is 0 Å². The molecule has 1 aromatic heterocycles. The number of halogens is 1. The summed E-state index contributed by atoms with van der Waals surface area (Å²) in [6, 6.07) is 7.77. The molecule has 1 aliphatic rings. The predicted molar refractivity (Wildman–Crippen MR) is 115 cm³/mol. The van der Waals surface area contributed by atoms with Gasteiger partial charge in [-0.3, -0.25) is 9.59 Å². The number of carbonyl (C=O) groups excluding carboxylic acids is 2. The number of carbonyl (C=O) groups is 2. The van der Waals surface area contributed by atoms with Gasteiger partial charge in [0, 0.05) is 54.3 Å². The van der Waals surface area contributed by atoms with Gasteiger partial charge in [0.05, 0.1) is 0 Å². The lowest BCUT2D eigenvalue weighted by Crippen LogP contribution is -2.32. The zero-order valence-corrected chi connectivity index (χ0v) is 17.6. The Morgan fingerprint density at radius 1 is 1.29 bits per heavy atom. The van der Waals surface area contributed by atoms with Crippen LogP contribution in [-0.4, -0.2) is 38.0 Å². The maximum Gasteiger partial charge on any atom is 0.252 e. The van der Waals surface area contributed by atoms with Crippen LogP contribution in [0.1, 0.15) is 35.2 Å². The van der Waals surface area contributed by atoms with Gasteiger partial charge in [-0.15, -0.1) is 0 Å². The molecule has 1 aromatic carbocycles. The van der Waals surface area contributed by atoms with Gasteiger partial charge < -0.3 is 15.5 Å². The van der Waals surface area contributed by atoms with Gasteiger partial charge >= 0.3 is 0 Å². The molecule has 1 fully saturated rings. The van der Waals surface area contributed by atoms with E-state index < -0.39 is 0 Å². The summed E-state index contributed by atoms with van der Waals surface area (Å²) in [5.74, 6) is 0.409. The number of benzene rings is 1. The van der Waals surface area contributed by atoms with Crippen molar-refractivity contribution in [2.45, 2.75) is 26.2 Å². The minimum Gasteiger partial charge on any atom is -0.371 e. The van der Waals surface area contributed by atoms with Gasteiger partial charge in [0.15, 0.2) is 0 Å². The summed E-state index contributed by atoms with van der Waals surface area (Å²) in [4.78, 5) is 26.2. The highest BCUT2D eigenvalue weighted by atomic mass is 35.5. The molecule has 0 radical (unpaired) electrons. The van der Waals surface area contributed by atoms with Crippen molar-refractivity contribution in [2.75, 3.05) is 31.1 Å². The number of anilines is 1. The van der Waals surface area contributed by atoms with E-state index in [1.807, 2.05) is 29.0 Å². The molecule has 0 saturated carbocycles. The Bertz CT molecular complexity index is 810. The van der Waals surface area contributed by atoms with E-state index in [0.717, 1.165) is 24.5 Å². The third kappa shape index (κ3) is 5.72. The number of nitrogens with one attached hydrogen (secondary N) is 2. The van der Waals surface area contributed by atoms with Crippen LogP contribution in [0.3, 0.4) is 0 Å². The van der Waals surface area contributed by atoms with E-state index >= 15 is 0 Å². The van der Waals surface area contributed by atoms with Gasteiger partial charge in [0.25, 0.3) is 5.91 Å². The van der Waals surface area contributed by atoms with Crippen LogP contribution in [-0.2, 0) is 4.79 Å². The van der Waals surface area contributed by atoms with Crippen LogP contribution < -0.4 is 15.5 Å². The van der Waals surface area contributed by atoms with Crippen molar-refractivity contribution in [3.05, 3.63) is 51.2 Å². The first-order valence-corrected chi connectivity index (χ1v) is 10.9. The van der Waals surface area contributed by atoms with Gasteiger partial charge in [-0.25, -0.2) is 0 Å². The maximum atomic E-state index is 12.1. The van der Waals surface area contributed by atoms with Gasteiger partial charge in [0.1, 0.15) is 0 Å². The number of hydrogen-bond acceptors (Lipinski definition) is 4. The maximum absolute atomic E-state index is 12.1.